The Hall–Kier alpha value is -3.43. The van der Waals surface area contributed by atoms with Crippen LogP contribution in [0.5, 0.6) is 0 Å². The van der Waals surface area contributed by atoms with Crippen molar-refractivity contribution in [3.63, 3.8) is 0 Å². The highest BCUT2D eigenvalue weighted by molar-refractivity contribution is 5.79. The van der Waals surface area contributed by atoms with Crippen molar-refractivity contribution in [3.8, 4) is 11.1 Å². The van der Waals surface area contributed by atoms with Crippen molar-refractivity contribution in [2.24, 2.45) is 0 Å². The van der Waals surface area contributed by atoms with Crippen LogP contribution in [0.4, 0.5) is 4.79 Å². The summed E-state index contributed by atoms with van der Waals surface area (Å²) < 4.78 is 10.9. The average Bonchev–Trinajstić information content (AvgIpc) is 3.20. The number of benzene rings is 2. The second kappa shape index (κ2) is 11.8. The number of carbonyl (C=O) groups excluding carboxylic acids is 2. The van der Waals surface area contributed by atoms with Gasteiger partial charge in [0, 0.05) is 45.2 Å². The van der Waals surface area contributed by atoms with Gasteiger partial charge in [-0.3, -0.25) is 14.5 Å². The number of alkyl carbamates (subject to hydrolysis) is 1. The Morgan fingerprint density at radius 3 is 2.20 bits per heavy atom. The number of amides is 2. The molecular formula is C26H31N3O6. The van der Waals surface area contributed by atoms with Crippen LogP contribution in [0.1, 0.15) is 23.5 Å². The van der Waals surface area contributed by atoms with Gasteiger partial charge in [-0.05, 0) is 22.3 Å². The maximum absolute atomic E-state index is 12.3. The van der Waals surface area contributed by atoms with Gasteiger partial charge in [-0.1, -0.05) is 48.5 Å². The highest BCUT2D eigenvalue weighted by Crippen LogP contribution is 2.44. The summed E-state index contributed by atoms with van der Waals surface area (Å²) in [5, 5.41) is 11.4. The Morgan fingerprint density at radius 2 is 1.57 bits per heavy atom. The van der Waals surface area contributed by atoms with Crippen molar-refractivity contribution >= 4 is 18.0 Å². The molecule has 1 fully saturated rings. The first-order chi connectivity index (χ1) is 17.0. The minimum absolute atomic E-state index is 0.00613. The molecule has 2 aromatic rings. The number of nitrogens with zero attached hydrogens (tertiary/aromatic N) is 2. The lowest BCUT2D eigenvalue weighted by molar-refractivity contribution is -0.140. The number of carbonyl (C=O) groups is 3. The van der Waals surface area contributed by atoms with Crippen LogP contribution in [-0.4, -0.2) is 92.0 Å². The molecule has 2 aliphatic rings. The lowest BCUT2D eigenvalue weighted by atomic mass is 9.98. The van der Waals surface area contributed by atoms with Gasteiger partial charge < -0.3 is 24.8 Å². The molecule has 0 saturated carbocycles. The number of hydrogen-bond acceptors (Lipinski definition) is 6. The second-order valence-electron chi connectivity index (χ2n) is 8.67. The number of carboxylic acids is 1. The van der Waals surface area contributed by atoms with E-state index in [0.717, 1.165) is 11.1 Å². The van der Waals surface area contributed by atoms with E-state index in [2.05, 4.69) is 29.6 Å². The normalized spacial score (nSPS) is 15.4. The van der Waals surface area contributed by atoms with Crippen LogP contribution in [-0.2, 0) is 19.1 Å². The summed E-state index contributed by atoms with van der Waals surface area (Å²) >= 11 is 0. The molecule has 1 aliphatic carbocycles. The number of piperazine rings is 1. The standard InChI is InChI=1S/C26H31N3O6/c30-24(29-14-12-28(13-15-29)11-9-25(31)32)18-34-16-10-27-26(33)35-17-23-21-7-3-1-5-19(21)20-6-2-4-8-22(20)23/h1-8,23H,9-18H2,(H,27,33)(H,31,32). The van der Waals surface area contributed by atoms with E-state index in [1.165, 1.54) is 11.1 Å². The molecule has 1 heterocycles. The average molecular weight is 482 g/mol. The molecule has 2 aromatic carbocycles. The second-order valence-corrected chi connectivity index (χ2v) is 8.67. The van der Waals surface area contributed by atoms with Crippen molar-refractivity contribution in [3.05, 3.63) is 59.7 Å². The number of ether oxygens (including phenoxy) is 2. The number of hydrogen-bond donors (Lipinski definition) is 2. The molecule has 1 saturated heterocycles. The molecule has 0 aromatic heterocycles. The minimum Gasteiger partial charge on any atom is -0.481 e. The van der Waals surface area contributed by atoms with Crippen molar-refractivity contribution in [1.29, 1.82) is 0 Å². The van der Waals surface area contributed by atoms with Crippen molar-refractivity contribution in [2.75, 3.05) is 59.1 Å². The van der Waals surface area contributed by atoms with Gasteiger partial charge >= 0.3 is 12.1 Å². The van der Waals surface area contributed by atoms with Crippen LogP contribution in [0.2, 0.25) is 0 Å². The van der Waals surface area contributed by atoms with Crippen LogP contribution in [0.3, 0.4) is 0 Å². The zero-order valence-corrected chi connectivity index (χ0v) is 19.7. The quantitative estimate of drug-likeness (QED) is 0.501. The summed E-state index contributed by atoms with van der Waals surface area (Å²) in [4.78, 5) is 38.9. The summed E-state index contributed by atoms with van der Waals surface area (Å²) in [6.45, 7) is 3.56. The van der Waals surface area contributed by atoms with Crippen molar-refractivity contribution < 1.29 is 29.0 Å². The first-order valence-corrected chi connectivity index (χ1v) is 11.9. The summed E-state index contributed by atoms with van der Waals surface area (Å²) in [6.07, 6.45) is -0.410. The molecule has 0 atom stereocenters. The molecule has 2 N–H and O–H groups in total. The number of aliphatic carboxylic acids is 1. The van der Waals surface area contributed by atoms with Crippen LogP contribution >= 0.6 is 0 Å². The Morgan fingerprint density at radius 1 is 0.943 bits per heavy atom. The Kier molecular flexibility index (Phi) is 8.33. The van der Waals surface area contributed by atoms with E-state index in [9.17, 15) is 14.4 Å². The lowest BCUT2D eigenvalue weighted by Gasteiger charge is -2.34. The van der Waals surface area contributed by atoms with Gasteiger partial charge in [0.1, 0.15) is 13.2 Å². The third-order valence-electron chi connectivity index (χ3n) is 6.45. The Balaban J connectivity index is 1.11. The van der Waals surface area contributed by atoms with Gasteiger partial charge in [0.25, 0.3) is 0 Å². The predicted octanol–water partition coefficient (Wildman–Crippen LogP) is 2.16. The fourth-order valence-corrected chi connectivity index (χ4v) is 4.60. The van der Waals surface area contributed by atoms with E-state index in [-0.39, 0.29) is 44.6 Å². The summed E-state index contributed by atoms with van der Waals surface area (Å²) in [5.41, 5.74) is 4.67. The number of nitrogens with one attached hydrogen (secondary N) is 1. The summed E-state index contributed by atoms with van der Waals surface area (Å²) in [6, 6.07) is 16.3. The highest BCUT2D eigenvalue weighted by atomic mass is 16.5. The van der Waals surface area contributed by atoms with Crippen LogP contribution in [0, 0.1) is 0 Å². The van der Waals surface area contributed by atoms with Gasteiger partial charge in [-0.25, -0.2) is 4.79 Å². The lowest BCUT2D eigenvalue weighted by Crippen LogP contribution is -2.50. The maximum Gasteiger partial charge on any atom is 0.407 e. The molecule has 4 rings (SSSR count). The molecule has 35 heavy (non-hydrogen) atoms. The highest BCUT2D eigenvalue weighted by Gasteiger charge is 2.29. The molecule has 9 nitrogen and oxygen atoms in total. The molecule has 0 spiro atoms. The fraction of sp³-hybridized carbons (Fsp3) is 0.423. The van der Waals surface area contributed by atoms with Gasteiger partial charge in [0.15, 0.2) is 0 Å². The molecule has 0 radical (unpaired) electrons. The van der Waals surface area contributed by atoms with Gasteiger partial charge in [0.05, 0.1) is 13.0 Å². The van der Waals surface area contributed by atoms with E-state index in [1.54, 1.807) is 4.90 Å². The first-order valence-electron chi connectivity index (χ1n) is 11.9. The largest absolute Gasteiger partial charge is 0.481 e. The van der Waals surface area contributed by atoms with E-state index >= 15 is 0 Å². The third-order valence-corrected chi connectivity index (χ3v) is 6.45. The monoisotopic (exact) mass is 481 g/mol. The van der Waals surface area contributed by atoms with E-state index in [1.807, 2.05) is 29.2 Å². The Labute approximate surface area is 204 Å². The summed E-state index contributed by atoms with van der Waals surface area (Å²) in [7, 11) is 0. The van der Waals surface area contributed by atoms with E-state index in [0.29, 0.717) is 32.7 Å². The van der Waals surface area contributed by atoms with Crippen molar-refractivity contribution in [1.82, 2.24) is 15.1 Å². The number of rotatable bonds is 10. The Bertz CT molecular complexity index is 1010. The van der Waals surface area contributed by atoms with E-state index < -0.39 is 12.1 Å². The topological polar surface area (TPSA) is 108 Å². The molecule has 0 unspecified atom stereocenters. The molecular weight excluding hydrogens is 450 g/mol. The fourth-order valence-electron chi connectivity index (χ4n) is 4.60. The first kappa shape index (κ1) is 24.7. The van der Waals surface area contributed by atoms with Crippen molar-refractivity contribution in [2.45, 2.75) is 12.3 Å². The molecule has 2 amide bonds. The van der Waals surface area contributed by atoms with E-state index in [4.69, 9.17) is 14.6 Å². The molecule has 9 heteroatoms. The zero-order chi connectivity index (χ0) is 24.6. The smallest absolute Gasteiger partial charge is 0.407 e. The SMILES string of the molecule is O=C(O)CCN1CCN(C(=O)COCCNC(=O)OCC2c3ccccc3-c3ccccc32)CC1. The van der Waals surface area contributed by atoms with Gasteiger partial charge in [0.2, 0.25) is 5.91 Å². The minimum atomic E-state index is -0.816. The number of fused-ring (bicyclic) bond motifs is 3. The van der Waals surface area contributed by atoms with Gasteiger partial charge in [-0.2, -0.15) is 0 Å². The molecule has 186 valence electrons. The zero-order valence-electron chi connectivity index (χ0n) is 19.7. The molecule has 1 aliphatic heterocycles. The number of carboxylic acid groups (broad SMARTS) is 1. The maximum atomic E-state index is 12.3. The molecule has 0 bridgehead atoms. The third kappa shape index (κ3) is 6.37. The van der Waals surface area contributed by atoms with Crippen LogP contribution < -0.4 is 5.32 Å². The summed E-state index contributed by atoms with van der Waals surface area (Å²) in [5.74, 6) is -0.917. The van der Waals surface area contributed by atoms with Gasteiger partial charge in [-0.15, -0.1) is 0 Å². The van der Waals surface area contributed by atoms with Crippen LogP contribution in [0.25, 0.3) is 11.1 Å². The predicted molar refractivity (Wildman–Crippen MR) is 129 cm³/mol. The van der Waals surface area contributed by atoms with Crippen LogP contribution in [0.15, 0.2) is 48.5 Å².